The van der Waals surface area contributed by atoms with Crippen molar-refractivity contribution in [2.24, 2.45) is 0 Å². The second-order valence-corrected chi connectivity index (χ2v) is 12.3. The average Bonchev–Trinajstić information content (AvgIpc) is 2.74. The van der Waals surface area contributed by atoms with Gasteiger partial charge in [0.1, 0.15) is 0 Å². The Morgan fingerprint density at radius 3 is 1.03 bits per heavy atom. The smallest absolute Gasteiger partial charge is 0.249 e. The lowest BCUT2D eigenvalue weighted by molar-refractivity contribution is 0.252. The molecule has 0 rings (SSSR count). The third-order valence-electron chi connectivity index (χ3n) is 5.46. The van der Waals surface area contributed by atoms with E-state index in [2.05, 4.69) is 25.5 Å². The Bertz CT molecular complexity index is 270. The number of hydrogen-bond acceptors (Lipinski definition) is 4. The minimum atomic E-state index is -0.850. The molecular formula is C24H51O2PS2. The summed E-state index contributed by atoms with van der Waals surface area (Å²) in [7, 11) is 0.597. The topological polar surface area (TPSA) is 18.5 Å². The summed E-state index contributed by atoms with van der Waals surface area (Å²) in [6, 6.07) is 0. The third-order valence-corrected chi connectivity index (χ3v) is 8.61. The van der Waals surface area contributed by atoms with Gasteiger partial charge >= 0.3 is 0 Å². The predicted molar refractivity (Wildman–Crippen MR) is 139 cm³/mol. The molecule has 0 aliphatic carbocycles. The Hall–Kier alpha value is 1.05. The van der Waals surface area contributed by atoms with Gasteiger partial charge in [-0.15, -0.1) is 11.7 Å². The summed E-state index contributed by atoms with van der Waals surface area (Å²) in [6.07, 6.45) is 27.2. The molecule has 0 atom stereocenters. The molecule has 0 amide bonds. The first-order valence-electron chi connectivity index (χ1n) is 12.7. The van der Waals surface area contributed by atoms with Crippen LogP contribution in [0.25, 0.3) is 0 Å². The molecule has 0 unspecified atom stereocenters. The fourth-order valence-corrected chi connectivity index (χ4v) is 5.85. The second kappa shape index (κ2) is 27.1. The van der Waals surface area contributed by atoms with Crippen LogP contribution in [0.2, 0.25) is 0 Å². The number of rotatable bonds is 25. The maximum absolute atomic E-state index is 5.88. The van der Waals surface area contributed by atoms with Crippen LogP contribution in [-0.4, -0.2) is 13.2 Å². The van der Waals surface area contributed by atoms with Crippen LogP contribution in [0, 0.1) is 0 Å². The molecule has 0 bridgehead atoms. The van der Waals surface area contributed by atoms with Crippen LogP contribution in [0.1, 0.15) is 142 Å². The van der Waals surface area contributed by atoms with Gasteiger partial charge in [-0.2, -0.15) is 0 Å². The molecule has 0 aliphatic rings. The lowest BCUT2D eigenvalue weighted by atomic mass is 10.1. The van der Waals surface area contributed by atoms with Gasteiger partial charge in [-0.3, -0.25) is 0 Å². The van der Waals surface area contributed by atoms with Gasteiger partial charge in [0, 0.05) is 0 Å². The normalized spacial score (nSPS) is 11.6. The highest BCUT2D eigenvalue weighted by atomic mass is 33.3. The van der Waals surface area contributed by atoms with Gasteiger partial charge in [0.25, 0.3) is 0 Å². The lowest BCUT2D eigenvalue weighted by Gasteiger charge is -2.14. The van der Waals surface area contributed by atoms with Crippen molar-refractivity contribution in [2.75, 3.05) is 13.2 Å². The monoisotopic (exact) mass is 466 g/mol. The molecule has 0 radical (unpaired) electrons. The third kappa shape index (κ3) is 25.2. The quantitative estimate of drug-likeness (QED) is 0.0624. The van der Waals surface area contributed by atoms with E-state index in [9.17, 15) is 0 Å². The molecule has 0 spiro atoms. The van der Waals surface area contributed by atoms with E-state index in [0.29, 0.717) is 0 Å². The van der Waals surface area contributed by atoms with Gasteiger partial charge in [-0.05, 0) is 23.3 Å². The summed E-state index contributed by atoms with van der Waals surface area (Å²) in [5.41, 5.74) is 0. The zero-order valence-electron chi connectivity index (χ0n) is 19.7. The van der Waals surface area contributed by atoms with Crippen molar-refractivity contribution in [1.29, 1.82) is 0 Å². The minimum absolute atomic E-state index is 0.827. The van der Waals surface area contributed by atoms with Crippen LogP contribution < -0.4 is 0 Å². The van der Waals surface area contributed by atoms with Crippen LogP contribution in [0.3, 0.4) is 0 Å². The molecule has 0 saturated heterocycles. The van der Waals surface area contributed by atoms with Gasteiger partial charge < -0.3 is 9.05 Å². The van der Waals surface area contributed by atoms with Gasteiger partial charge in [-0.1, -0.05) is 129 Å². The van der Waals surface area contributed by atoms with Gasteiger partial charge in [0.05, 0.1) is 13.2 Å². The fraction of sp³-hybridized carbons (Fsp3) is 1.00. The Balaban J connectivity index is 3.27. The Labute approximate surface area is 193 Å². The maximum atomic E-state index is 5.88. The molecule has 0 aromatic rings. The zero-order valence-corrected chi connectivity index (χ0v) is 22.3. The van der Waals surface area contributed by atoms with Crippen LogP contribution in [-0.2, 0) is 9.05 Å². The van der Waals surface area contributed by atoms with Gasteiger partial charge in [0.15, 0.2) is 0 Å². The lowest BCUT2D eigenvalue weighted by Crippen LogP contribution is -1.94. The summed E-state index contributed by atoms with van der Waals surface area (Å²) >= 11 is 4.32. The molecule has 176 valence electrons. The summed E-state index contributed by atoms with van der Waals surface area (Å²) in [4.78, 5) is 0. The van der Waals surface area contributed by atoms with Crippen molar-refractivity contribution in [3.63, 3.8) is 0 Å². The zero-order chi connectivity index (χ0) is 21.3. The Morgan fingerprint density at radius 2 is 0.759 bits per heavy atom. The van der Waals surface area contributed by atoms with E-state index in [1.54, 1.807) is 0 Å². The van der Waals surface area contributed by atoms with E-state index < -0.39 is 7.58 Å². The summed E-state index contributed by atoms with van der Waals surface area (Å²) in [6.45, 7) is 6.22. The molecule has 0 saturated carbocycles. The number of unbranched alkanes of at least 4 members (excludes halogenated alkanes) is 18. The predicted octanol–water partition coefficient (Wildman–Crippen LogP) is 10.7. The van der Waals surface area contributed by atoms with Crippen molar-refractivity contribution < 1.29 is 9.05 Å². The van der Waals surface area contributed by atoms with E-state index in [0.717, 1.165) is 26.1 Å². The van der Waals surface area contributed by atoms with E-state index in [1.807, 2.05) is 0 Å². The van der Waals surface area contributed by atoms with Crippen molar-refractivity contribution in [3.8, 4) is 0 Å². The van der Waals surface area contributed by atoms with Gasteiger partial charge in [-0.25, -0.2) is 0 Å². The molecular weight excluding hydrogens is 415 g/mol. The SMILES string of the molecule is CCCCCCCCCCCCOP(OCCCCCCCCCCCC)SS. The number of thiol groups is 1. The molecule has 2 nitrogen and oxygen atoms in total. The molecule has 0 aromatic carbocycles. The van der Waals surface area contributed by atoms with Crippen molar-refractivity contribution in [2.45, 2.75) is 142 Å². The first kappa shape index (κ1) is 30.0. The largest absolute Gasteiger partial charge is 0.325 e. The molecule has 29 heavy (non-hydrogen) atoms. The van der Waals surface area contributed by atoms with Crippen LogP contribution in [0.4, 0.5) is 0 Å². The molecule has 0 heterocycles. The Morgan fingerprint density at radius 1 is 0.483 bits per heavy atom. The highest BCUT2D eigenvalue weighted by molar-refractivity contribution is 8.92. The first-order chi connectivity index (χ1) is 14.3. The van der Waals surface area contributed by atoms with Crippen LogP contribution in [0.5, 0.6) is 0 Å². The van der Waals surface area contributed by atoms with E-state index in [1.165, 1.54) is 126 Å². The second-order valence-electron chi connectivity index (χ2n) is 8.34. The molecule has 0 fully saturated rings. The van der Waals surface area contributed by atoms with Crippen molar-refractivity contribution in [3.05, 3.63) is 0 Å². The maximum Gasteiger partial charge on any atom is 0.249 e. The highest BCUT2D eigenvalue weighted by Crippen LogP contribution is 2.54. The molecule has 5 heteroatoms. The molecule has 0 N–H and O–H groups in total. The molecule has 0 aromatic heterocycles. The fourth-order valence-electron chi connectivity index (χ4n) is 3.54. The van der Waals surface area contributed by atoms with Crippen LogP contribution in [0.15, 0.2) is 0 Å². The van der Waals surface area contributed by atoms with E-state index >= 15 is 0 Å². The van der Waals surface area contributed by atoms with E-state index in [4.69, 9.17) is 9.05 Å². The standard InChI is InChI=1S/C24H51O2PS2/c1-3-5-7-9-11-13-15-17-19-21-23-25-27(29-28)26-24-22-20-18-16-14-12-10-8-6-4-2/h28H,3-24H2,1-2H3. The van der Waals surface area contributed by atoms with Crippen molar-refractivity contribution >= 4 is 29.7 Å². The number of hydrogen-bond donors (Lipinski definition) is 1. The summed E-state index contributed by atoms with van der Waals surface area (Å²) < 4.78 is 11.8. The average molecular weight is 467 g/mol. The highest BCUT2D eigenvalue weighted by Gasteiger charge is 2.09. The Kier molecular flexibility index (Phi) is 28.1. The minimum Gasteiger partial charge on any atom is -0.325 e. The van der Waals surface area contributed by atoms with Gasteiger partial charge in [0.2, 0.25) is 7.58 Å². The van der Waals surface area contributed by atoms with Crippen LogP contribution >= 0.6 is 29.7 Å². The summed E-state index contributed by atoms with van der Waals surface area (Å²) in [5, 5.41) is 0. The first-order valence-corrected chi connectivity index (χ1v) is 16.4. The molecule has 0 aliphatic heterocycles. The summed E-state index contributed by atoms with van der Waals surface area (Å²) in [5.74, 6) is 0. The van der Waals surface area contributed by atoms with E-state index in [-0.39, 0.29) is 0 Å². The van der Waals surface area contributed by atoms with Crippen molar-refractivity contribution in [1.82, 2.24) is 0 Å².